The van der Waals surface area contributed by atoms with Crippen LogP contribution in [-0.4, -0.2) is 15.5 Å². The van der Waals surface area contributed by atoms with Crippen LogP contribution in [0.3, 0.4) is 0 Å². The summed E-state index contributed by atoms with van der Waals surface area (Å²) in [5, 5.41) is 2.90. The fraction of sp³-hybridized carbons (Fsp3) is 0.467. The summed E-state index contributed by atoms with van der Waals surface area (Å²) in [4.78, 5) is 16.0. The van der Waals surface area contributed by atoms with Crippen LogP contribution in [0.5, 0.6) is 0 Å². The van der Waals surface area contributed by atoms with Gasteiger partial charge in [-0.05, 0) is 18.1 Å². The van der Waals surface area contributed by atoms with Crippen molar-refractivity contribution < 1.29 is 4.79 Å². The van der Waals surface area contributed by atoms with E-state index in [1.807, 2.05) is 25.1 Å². The molecule has 0 spiro atoms. The lowest BCUT2D eigenvalue weighted by Gasteiger charge is -2.12. The molecule has 4 nitrogen and oxygen atoms in total. The molecule has 0 aliphatic carbocycles. The zero-order valence-corrected chi connectivity index (χ0v) is 11.8. The molecule has 1 heterocycles. The predicted octanol–water partition coefficient (Wildman–Crippen LogP) is 2.72. The Hall–Kier alpha value is -1.84. The van der Waals surface area contributed by atoms with Gasteiger partial charge in [-0.25, -0.2) is 4.98 Å². The average molecular weight is 259 g/mol. The SMILES string of the molecule is CCC(=O)NCc1nc2ccccc2n1CC(C)C. The molecule has 19 heavy (non-hydrogen) atoms. The molecule has 0 fully saturated rings. The number of para-hydroxylation sites is 2. The first-order chi connectivity index (χ1) is 9.11. The van der Waals surface area contributed by atoms with Crippen LogP contribution in [0.2, 0.25) is 0 Å². The normalized spacial score (nSPS) is 11.2. The van der Waals surface area contributed by atoms with Crippen molar-refractivity contribution in [2.75, 3.05) is 0 Å². The van der Waals surface area contributed by atoms with E-state index in [4.69, 9.17) is 0 Å². The van der Waals surface area contributed by atoms with Gasteiger partial charge in [-0.2, -0.15) is 0 Å². The zero-order chi connectivity index (χ0) is 13.8. The highest BCUT2D eigenvalue weighted by Crippen LogP contribution is 2.17. The highest BCUT2D eigenvalue weighted by molar-refractivity contribution is 5.77. The highest BCUT2D eigenvalue weighted by atomic mass is 16.1. The third kappa shape index (κ3) is 3.13. The summed E-state index contributed by atoms with van der Waals surface area (Å²) >= 11 is 0. The first-order valence-electron chi connectivity index (χ1n) is 6.82. The summed E-state index contributed by atoms with van der Waals surface area (Å²) in [5.74, 6) is 1.53. The maximum absolute atomic E-state index is 11.4. The Bertz CT molecular complexity index is 572. The number of hydrogen-bond acceptors (Lipinski definition) is 2. The van der Waals surface area contributed by atoms with Crippen molar-refractivity contribution in [3.63, 3.8) is 0 Å². The van der Waals surface area contributed by atoms with Gasteiger partial charge in [0.25, 0.3) is 0 Å². The molecular weight excluding hydrogens is 238 g/mol. The van der Waals surface area contributed by atoms with Gasteiger partial charge >= 0.3 is 0 Å². The molecule has 0 saturated heterocycles. The summed E-state index contributed by atoms with van der Waals surface area (Å²) < 4.78 is 2.20. The number of fused-ring (bicyclic) bond motifs is 1. The van der Waals surface area contributed by atoms with Crippen molar-refractivity contribution in [1.82, 2.24) is 14.9 Å². The van der Waals surface area contributed by atoms with Gasteiger partial charge in [-0.15, -0.1) is 0 Å². The first kappa shape index (κ1) is 13.6. The predicted molar refractivity (Wildman–Crippen MR) is 76.7 cm³/mol. The quantitative estimate of drug-likeness (QED) is 0.897. The highest BCUT2D eigenvalue weighted by Gasteiger charge is 2.11. The topological polar surface area (TPSA) is 46.9 Å². The smallest absolute Gasteiger partial charge is 0.220 e. The van der Waals surface area contributed by atoms with Gasteiger partial charge in [-0.1, -0.05) is 32.9 Å². The zero-order valence-electron chi connectivity index (χ0n) is 11.8. The van der Waals surface area contributed by atoms with Crippen LogP contribution in [0, 0.1) is 5.92 Å². The Balaban J connectivity index is 2.32. The van der Waals surface area contributed by atoms with Crippen LogP contribution in [0.1, 0.15) is 33.0 Å². The molecule has 1 amide bonds. The Morgan fingerprint density at radius 1 is 1.37 bits per heavy atom. The van der Waals surface area contributed by atoms with E-state index < -0.39 is 0 Å². The van der Waals surface area contributed by atoms with E-state index in [-0.39, 0.29) is 5.91 Å². The van der Waals surface area contributed by atoms with Crippen LogP contribution in [0.15, 0.2) is 24.3 Å². The number of amides is 1. The molecule has 2 aromatic rings. The van der Waals surface area contributed by atoms with Crippen molar-refractivity contribution in [2.24, 2.45) is 5.92 Å². The standard InChI is InChI=1S/C15H21N3O/c1-4-15(19)16-9-14-17-12-7-5-6-8-13(12)18(14)10-11(2)3/h5-8,11H,4,9-10H2,1-3H3,(H,16,19). The maximum atomic E-state index is 11.4. The molecule has 0 atom stereocenters. The molecule has 2 rings (SSSR count). The lowest BCUT2D eigenvalue weighted by molar-refractivity contribution is -0.120. The molecule has 0 radical (unpaired) electrons. The van der Waals surface area contributed by atoms with Crippen LogP contribution < -0.4 is 5.32 Å². The lowest BCUT2D eigenvalue weighted by Crippen LogP contribution is -2.24. The van der Waals surface area contributed by atoms with Crippen molar-refractivity contribution in [2.45, 2.75) is 40.3 Å². The minimum Gasteiger partial charge on any atom is -0.349 e. The average Bonchev–Trinajstić information content (AvgIpc) is 2.74. The van der Waals surface area contributed by atoms with E-state index in [0.29, 0.717) is 18.9 Å². The molecule has 0 unspecified atom stereocenters. The lowest BCUT2D eigenvalue weighted by atomic mass is 10.2. The van der Waals surface area contributed by atoms with E-state index in [1.165, 1.54) is 0 Å². The van der Waals surface area contributed by atoms with Gasteiger partial charge in [-0.3, -0.25) is 4.79 Å². The van der Waals surface area contributed by atoms with Gasteiger partial charge < -0.3 is 9.88 Å². The van der Waals surface area contributed by atoms with Gasteiger partial charge in [0.05, 0.1) is 17.6 Å². The first-order valence-corrected chi connectivity index (χ1v) is 6.82. The summed E-state index contributed by atoms with van der Waals surface area (Å²) in [6.45, 7) is 7.63. The van der Waals surface area contributed by atoms with E-state index in [1.54, 1.807) is 0 Å². The number of imidazole rings is 1. The molecule has 1 aromatic carbocycles. The van der Waals surface area contributed by atoms with Crippen molar-refractivity contribution >= 4 is 16.9 Å². The van der Waals surface area contributed by atoms with Crippen LogP contribution in [-0.2, 0) is 17.9 Å². The van der Waals surface area contributed by atoms with E-state index in [0.717, 1.165) is 23.4 Å². The Morgan fingerprint density at radius 2 is 2.11 bits per heavy atom. The van der Waals surface area contributed by atoms with Gasteiger partial charge in [0.15, 0.2) is 0 Å². The Morgan fingerprint density at radius 3 is 2.79 bits per heavy atom. The molecular formula is C15H21N3O. The molecule has 0 saturated carbocycles. The second-order valence-electron chi connectivity index (χ2n) is 5.15. The maximum Gasteiger partial charge on any atom is 0.220 e. The molecule has 1 N–H and O–H groups in total. The van der Waals surface area contributed by atoms with E-state index >= 15 is 0 Å². The third-order valence-corrected chi connectivity index (χ3v) is 3.05. The third-order valence-electron chi connectivity index (χ3n) is 3.05. The number of nitrogens with zero attached hydrogens (tertiary/aromatic N) is 2. The minimum absolute atomic E-state index is 0.0585. The monoisotopic (exact) mass is 259 g/mol. The summed E-state index contributed by atoms with van der Waals surface area (Å²) in [5.41, 5.74) is 2.13. The molecule has 0 aliphatic heterocycles. The molecule has 0 bridgehead atoms. The fourth-order valence-electron chi connectivity index (χ4n) is 2.13. The van der Waals surface area contributed by atoms with Crippen LogP contribution >= 0.6 is 0 Å². The fourth-order valence-corrected chi connectivity index (χ4v) is 2.13. The molecule has 4 heteroatoms. The number of aromatic nitrogens is 2. The number of carbonyl (C=O) groups excluding carboxylic acids is 1. The van der Waals surface area contributed by atoms with E-state index in [2.05, 4.69) is 34.8 Å². The molecule has 102 valence electrons. The summed E-state index contributed by atoms with van der Waals surface area (Å²) in [7, 11) is 0. The number of nitrogens with one attached hydrogen (secondary N) is 1. The Labute approximate surface area is 113 Å². The summed E-state index contributed by atoms with van der Waals surface area (Å²) in [6, 6.07) is 8.10. The van der Waals surface area contributed by atoms with Gasteiger partial charge in [0.2, 0.25) is 5.91 Å². The van der Waals surface area contributed by atoms with Crippen molar-refractivity contribution in [1.29, 1.82) is 0 Å². The number of benzene rings is 1. The molecule has 0 aliphatic rings. The van der Waals surface area contributed by atoms with Crippen LogP contribution in [0.25, 0.3) is 11.0 Å². The largest absolute Gasteiger partial charge is 0.349 e. The van der Waals surface area contributed by atoms with Crippen LogP contribution in [0.4, 0.5) is 0 Å². The van der Waals surface area contributed by atoms with Crippen molar-refractivity contribution in [3.8, 4) is 0 Å². The number of carbonyl (C=O) groups is 1. The van der Waals surface area contributed by atoms with E-state index in [9.17, 15) is 4.79 Å². The Kier molecular flexibility index (Phi) is 4.20. The number of hydrogen-bond donors (Lipinski definition) is 1. The summed E-state index contributed by atoms with van der Waals surface area (Å²) in [6.07, 6.45) is 0.504. The van der Waals surface area contributed by atoms with Gasteiger partial charge in [0, 0.05) is 13.0 Å². The second-order valence-corrected chi connectivity index (χ2v) is 5.15. The molecule has 1 aromatic heterocycles. The minimum atomic E-state index is 0.0585. The van der Waals surface area contributed by atoms with Crippen molar-refractivity contribution in [3.05, 3.63) is 30.1 Å². The number of rotatable bonds is 5. The van der Waals surface area contributed by atoms with Gasteiger partial charge in [0.1, 0.15) is 5.82 Å². The second kappa shape index (κ2) is 5.87.